The molecule has 7 heteroatoms. The van der Waals surface area contributed by atoms with Gasteiger partial charge in [0, 0.05) is 81.4 Å². The van der Waals surface area contributed by atoms with Crippen LogP contribution in [0, 0.1) is 0 Å². The second-order valence-corrected chi connectivity index (χ2v) is 15.8. The van der Waals surface area contributed by atoms with Crippen LogP contribution in [-0.2, 0) is 6.54 Å². The molecule has 274 valence electrons. The van der Waals surface area contributed by atoms with Crippen molar-refractivity contribution in [3.05, 3.63) is 132 Å². The monoisotopic (exact) mass is 724 g/mol. The molecule has 51 heavy (non-hydrogen) atoms. The van der Waals surface area contributed by atoms with Gasteiger partial charge in [-0.3, -0.25) is 0 Å². The summed E-state index contributed by atoms with van der Waals surface area (Å²) in [5.74, 6) is 2.33. The van der Waals surface area contributed by atoms with Crippen molar-refractivity contribution in [1.29, 1.82) is 0 Å². The first kappa shape index (κ1) is 41.9. The van der Waals surface area contributed by atoms with Gasteiger partial charge in [-0.2, -0.15) is 4.57 Å². The molecule has 0 aliphatic carbocycles. The fourth-order valence-electron chi connectivity index (χ4n) is 5.50. The first-order valence-electron chi connectivity index (χ1n) is 18.3. The Morgan fingerprint density at radius 1 is 0.667 bits per heavy atom. The van der Waals surface area contributed by atoms with E-state index in [2.05, 4.69) is 176 Å². The molecule has 0 bridgehead atoms. The van der Waals surface area contributed by atoms with Crippen LogP contribution < -0.4 is 14.4 Å². The third kappa shape index (κ3) is 17.1. The zero-order chi connectivity index (χ0) is 36.7. The molecule has 0 fully saturated rings. The fourth-order valence-corrected chi connectivity index (χ4v) is 7.66. The summed E-state index contributed by atoms with van der Waals surface area (Å²) in [5.41, 5.74) is 7.41. The molecule has 0 N–H and O–H groups in total. The number of aromatic nitrogens is 1. The largest absolute Gasteiger partial charge is 0.375 e. The molecule has 1 heterocycles. The highest BCUT2D eigenvalue weighted by Gasteiger charge is 2.06. The highest BCUT2D eigenvalue weighted by molar-refractivity contribution is 8.76. The van der Waals surface area contributed by atoms with Crippen molar-refractivity contribution < 1.29 is 4.57 Å². The maximum Gasteiger partial charge on any atom is 0.205 e. The molecule has 0 unspecified atom stereocenters. The van der Waals surface area contributed by atoms with E-state index in [-0.39, 0.29) is 0 Å². The van der Waals surface area contributed by atoms with Crippen LogP contribution >= 0.6 is 21.6 Å². The second-order valence-electron chi connectivity index (χ2n) is 13.1. The van der Waals surface area contributed by atoms with E-state index in [1.165, 1.54) is 45.3 Å². The Hall–Kier alpha value is -3.49. The van der Waals surface area contributed by atoms with Crippen LogP contribution in [0.1, 0.15) is 43.5 Å². The van der Waals surface area contributed by atoms with Crippen LogP contribution in [-0.4, -0.2) is 88.8 Å². The third-order valence-corrected chi connectivity index (χ3v) is 11.2. The molecule has 3 rings (SSSR count). The maximum absolute atomic E-state index is 3.71. The molecular weight excluding hydrogens is 663 g/mol. The molecule has 0 aliphatic rings. The van der Waals surface area contributed by atoms with E-state index in [1.54, 1.807) is 6.08 Å². The van der Waals surface area contributed by atoms with Crippen molar-refractivity contribution in [2.75, 3.05) is 88.8 Å². The molecule has 1 aromatic heterocycles. The summed E-state index contributed by atoms with van der Waals surface area (Å²) >= 11 is 0. The highest BCUT2D eigenvalue weighted by atomic mass is 33.1. The lowest BCUT2D eigenvalue weighted by atomic mass is 10.1. The SMILES string of the molecule is C=C\C=C/C=C(C)/C=C/c1ccc(N(C)CCCN(C)CCSSCCN(C)CCCN(C)c2ccc(/C=C/c3cccc[n+]3CC)cc2)cc1. The molecule has 0 spiro atoms. The van der Waals surface area contributed by atoms with Crippen molar-refractivity contribution >= 4 is 51.2 Å². The minimum Gasteiger partial charge on any atom is -0.375 e. The molecule has 0 aliphatic heterocycles. The summed E-state index contributed by atoms with van der Waals surface area (Å²) in [5, 5.41) is 0. The highest BCUT2D eigenvalue weighted by Crippen LogP contribution is 2.21. The molecule has 0 radical (unpaired) electrons. The average molecular weight is 725 g/mol. The molecule has 0 saturated heterocycles. The fraction of sp³-hybridized carbons (Fsp3) is 0.386. The van der Waals surface area contributed by atoms with E-state index in [9.17, 15) is 0 Å². The van der Waals surface area contributed by atoms with Crippen molar-refractivity contribution in [2.24, 2.45) is 0 Å². The Morgan fingerprint density at radius 3 is 1.75 bits per heavy atom. The molecule has 0 amide bonds. The van der Waals surface area contributed by atoms with E-state index in [1.807, 2.05) is 33.7 Å². The van der Waals surface area contributed by atoms with E-state index in [0.717, 1.165) is 58.7 Å². The number of hydrogen-bond donors (Lipinski definition) is 0. The molecule has 0 saturated carbocycles. The summed E-state index contributed by atoms with van der Waals surface area (Å²) in [7, 11) is 12.9. The lowest BCUT2D eigenvalue weighted by Crippen LogP contribution is -2.34. The van der Waals surface area contributed by atoms with Crippen LogP contribution in [0.25, 0.3) is 18.2 Å². The number of allylic oxidation sites excluding steroid dienone is 6. The van der Waals surface area contributed by atoms with Crippen LogP contribution in [0.2, 0.25) is 0 Å². The minimum absolute atomic E-state index is 0.972. The van der Waals surface area contributed by atoms with Gasteiger partial charge in [0.15, 0.2) is 6.20 Å². The third-order valence-electron chi connectivity index (χ3n) is 8.84. The van der Waals surface area contributed by atoms with E-state index < -0.39 is 0 Å². The number of rotatable bonds is 24. The molecular formula is C44H62N5S2+. The minimum atomic E-state index is 0.972. The maximum atomic E-state index is 3.71. The Bertz CT molecular complexity index is 1530. The summed E-state index contributed by atoms with van der Waals surface area (Å²) in [6.45, 7) is 15.6. The van der Waals surface area contributed by atoms with Gasteiger partial charge in [-0.15, -0.1) is 0 Å². The predicted molar refractivity (Wildman–Crippen MR) is 232 cm³/mol. The Labute approximate surface area is 318 Å². The standard InChI is InChI=1S/C44H62N5S2/c1-8-10-11-16-39(3)18-19-40-20-25-42(26-21-40)47(6)32-14-30-45(4)35-37-50-51-38-36-46(5)31-15-33-48(7)43-27-22-41(23-28-43)24-29-44-17-12-13-34-49(44)9-2/h8,10-13,16-29,34H,1,9,14-15,30-33,35-38H2,2-7H3/q+1/b11-10-,19-18+,39-16+. The smallest absolute Gasteiger partial charge is 0.205 e. The number of anilines is 2. The summed E-state index contributed by atoms with van der Waals surface area (Å²) in [4.78, 5) is 9.66. The molecule has 2 aromatic carbocycles. The van der Waals surface area contributed by atoms with Gasteiger partial charge in [-0.05, 0) is 101 Å². The quantitative estimate of drug-likeness (QED) is 0.0394. The van der Waals surface area contributed by atoms with Crippen molar-refractivity contribution in [3.63, 3.8) is 0 Å². The molecule has 0 atom stereocenters. The molecule has 3 aromatic rings. The van der Waals surface area contributed by atoms with Crippen molar-refractivity contribution in [3.8, 4) is 0 Å². The predicted octanol–water partition coefficient (Wildman–Crippen LogP) is 9.46. The summed E-state index contributed by atoms with van der Waals surface area (Å²) in [6, 6.07) is 24.1. The van der Waals surface area contributed by atoms with Crippen LogP contribution in [0.15, 0.2) is 115 Å². The number of nitrogens with zero attached hydrogens (tertiary/aromatic N) is 5. The average Bonchev–Trinajstić information content (AvgIpc) is 3.15. The Balaban J connectivity index is 1.21. The van der Waals surface area contributed by atoms with Crippen LogP contribution in [0.5, 0.6) is 0 Å². The van der Waals surface area contributed by atoms with Gasteiger partial charge in [0.05, 0.1) is 0 Å². The second kappa shape index (κ2) is 24.7. The number of aryl methyl sites for hydroxylation is 1. The number of benzene rings is 2. The van der Waals surface area contributed by atoms with Gasteiger partial charge in [0.1, 0.15) is 6.54 Å². The van der Waals surface area contributed by atoms with Crippen LogP contribution in [0.4, 0.5) is 11.4 Å². The lowest BCUT2D eigenvalue weighted by molar-refractivity contribution is -0.695. The van der Waals surface area contributed by atoms with Gasteiger partial charge < -0.3 is 19.6 Å². The normalized spacial score (nSPS) is 12.3. The van der Waals surface area contributed by atoms with Gasteiger partial charge in [0.2, 0.25) is 5.69 Å². The van der Waals surface area contributed by atoms with Crippen LogP contribution in [0.3, 0.4) is 0 Å². The van der Waals surface area contributed by atoms with Crippen molar-refractivity contribution in [2.45, 2.75) is 33.2 Å². The number of hydrogen-bond acceptors (Lipinski definition) is 6. The summed E-state index contributed by atoms with van der Waals surface area (Å²) in [6.07, 6.45) is 21.0. The Morgan fingerprint density at radius 2 is 1.22 bits per heavy atom. The van der Waals surface area contributed by atoms with E-state index >= 15 is 0 Å². The first-order valence-corrected chi connectivity index (χ1v) is 20.8. The molecule has 5 nitrogen and oxygen atoms in total. The first-order chi connectivity index (χ1) is 24.8. The lowest BCUT2D eigenvalue weighted by Gasteiger charge is -2.22. The zero-order valence-electron chi connectivity index (χ0n) is 32.1. The van der Waals surface area contributed by atoms with E-state index in [4.69, 9.17) is 0 Å². The van der Waals surface area contributed by atoms with Gasteiger partial charge in [0.25, 0.3) is 0 Å². The zero-order valence-corrected chi connectivity index (χ0v) is 33.7. The van der Waals surface area contributed by atoms with Gasteiger partial charge in [-0.1, -0.05) is 94.5 Å². The van der Waals surface area contributed by atoms with Crippen molar-refractivity contribution in [1.82, 2.24) is 9.80 Å². The van der Waals surface area contributed by atoms with E-state index in [0.29, 0.717) is 0 Å². The Kier molecular flexibility index (Phi) is 20.3. The van der Waals surface area contributed by atoms with Gasteiger partial charge >= 0.3 is 0 Å². The number of pyridine rings is 1. The topological polar surface area (TPSA) is 16.8 Å². The summed E-state index contributed by atoms with van der Waals surface area (Å²) < 4.78 is 2.25. The van der Waals surface area contributed by atoms with Gasteiger partial charge in [-0.25, -0.2) is 0 Å².